The van der Waals surface area contributed by atoms with E-state index >= 15 is 0 Å². The van der Waals surface area contributed by atoms with Crippen LogP contribution in [0.4, 0.5) is 0 Å². The smallest absolute Gasteiger partial charge is 0.262 e. The van der Waals surface area contributed by atoms with E-state index in [-0.39, 0.29) is 35.5 Å². The van der Waals surface area contributed by atoms with Gasteiger partial charge in [-0.2, -0.15) is 0 Å². The number of Topliss-reactive ketones (excluding diaryl/α,β-unsaturated/α-hetero) is 1. The highest BCUT2D eigenvalue weighted by Gasteiger charge is 2.45. The molecule has 1 spiro atoms. The van der Waals surface area contributed by atoms with Gasteiger partial charge in [0.15, 0.2) is 5.78 Å². The zero-order chi connectivity index (χ0) is 25.1. The Kier molecular flexibility index (Phi) is 5.23. The Morgan fingerprint density at radius 2 is 1.60 bits per heavy atom. The second-order valence-corrected chi connectivity index (χ2v) is 10.4. The molecule has 8 heteroatoms. The van der Waals surface area contributed by atoms with E-state index in [1.165, 1.54) is 11.0 Å². The van der Waals surface area contributed by atoms with Crippen molar-refractivity contribution in [3.63, 3.8) is 0 Å². The fourth-order valence-electron chi connectivity index (χ4n) is 5.16. The number of carbonyl (C=O) groups excluding carboxylic acids is 4. The molecule has 0 bridgehead atoms. The van der Waals surface area contributed by atoms with Gasteiger partial charge in [0.2, 0.25) is 0 Å². The van der Waals surface area contributed by atoms with Crippen LogP contribution in [0.2, 0.25) is 0 Å². The molecule has 35 heavy (non-hydrogen) atoms. The van der Waals surface area contributed by atoms with Crippen LogP contribution in [0.25, 0.3) is 0 Å². The number of piperidine rings is 1. The Bertz CT molecular complexity index is 1270. The van der Waals surface area contributed by atoms with E-state index < -0.39 is 11.1 Å². The monoisotopic (exact) mass is 476 g/mol. The predicted octanol–water partition coefficient (Wildman–Crippen LogP) is 3.73. The van der Waals surface area contributed by atoms with Crippen LogP contribution in [-0.4, -0.2) is 64.6 Å². The van der Waals surface area contributed by atoms with Crippen molar-refractivity contribution in [2.75, 3.05) is 20.2 Å². The standard InChI is InChI=1S/C27H28N2O6/c1-26(2,3)29-24(32)18-7-5-16(13-20(18)25(29)33)23(31)28-11-9-27(10-12-28)15-21(30)19-8-6-17(34-4)14-22(19)35-27/h5-8,13-14H,9-12,15H2,1-4H3. The summed E-state index contributed by atoms with van der Waals surface area (Å²) in [4.78, 5) is 54.6. The first-order chi connectivity index (χ1) is 16.5. The van der Waals surface area contributed by atoms with Crippen LogP contribution >= 0.6 is 0 Å². The lowest BCUT2D eigenvalue weighted by Crippen LogP contribution is -2.52. The first-order valence-electron chi connectivity index (χ1n) is 11.8. The van der Waals surface area contributed by atoms with Crippen LogP contribution < -0.4 is 9.47 Å². The molecule has 0 atom stereocenters. The van der Waals surface area contributed by atoms with Gasteiger partial charge in [0.05, 0.1) is 30.2 Å². The molecule has 8 nitrogen and oxygen atoms in total. The fourth-order valence-corrected chi connectivity index (χ4v) is 5.16. The minimum absolute atomic E-state index is 0.0267. The Morgan fingerprint density at radius 1 is 0.943 bits per heavy atom. The first kappa shape index (κ1) is 23.1. The predicted molar refractivity (Wildman–Crippen MR) is 127 cm³/mol. The summed E-state index contributed by atoms with van der Waals surface area (Å²) in [6.07, 6.45) is 1.30. The molecule has 3 amide bonds. The number of amides is 3. The second-order valence-electron chi connectivity index (χ2n) is 10.4. The van der Waals surface area contributed by atoms with Crippen LogP contribution in [0.3, 0.4) is 0 Å². The summed E-state index contributed by atoms with van der Waals surface area (Å²) in [6.45, 7) is 6.25. The van der Waals surface area contributed by atoms with E-state index in [0.29, 0.717) is 54.1 Å². The van der Waals surface area contributed by atoms with Crippen molar-refractivity contribution in [3.8, 4) is 11.5 Å². The van der Waals surface area contributed by atoms with E-state index in [0.717, 1.165) is 0 Å². The average Bonchev–Trinajstić information content (AvgIpc) is 3.08. The lowest BCUT2D eigenvalue weighted by atomic mass is 9.82. The van der Waals surface area contributed by atoms with Crippen LogP contribution in [0.1, 0.15) is 81.5 Å². The molecule has 182 valence electrons. The number of hydrogen-bond donors (Lipinski definition) is 0. The lowest BCUT2D eigenvalue weighted by molar-refractivity contribution is -0.00583. The molecule has 2 aromatic rings. The average molecular weight is 477 g/mol. The molecule has 3 aliphatic heterocycles. The molecule has 5 rings (SSSR count). The lowest BCUT2D eigenvalue weighted by Gasteiger charge is -2.44. The van der Waals surface area contributed by atoms with Gasteiger partial charge in [0.1, 0.15) is 17.1 Å². The molecule has 0 N–H and O–H groups in total. The van der Waals surface area contributed by atoms with Gasteiger partial charge in [-0.3, -0.25) is 24.1 Å². The van der Waals surface area contributed by atoms with Gasteiger partial charge in [-0.25, -0.2) is 0 Å². The molecule has 0 saturated carbocycles. The minimum atomic E-state index is -0.654. The van der Waals surface area contributed by atoms with Gasteiger partial charge >= 0.3 is 0 Å². The van der Waals surface area contributed by atoms with E-state index in [1.54, 1.807) is 63.1 Å². The second kappa shape index (κ2) is 7.93. The molecule has 1 saturated heterocycles. The van der Waals surface area contributed by atoms with E-state index in [4.69, 9.17) is 9.47 Å². The molecule has 1 fully saturated rings. The SMILES string of the molecule is COc1ccc2c(c1)OC1(CCN(C(=O)c3ccc4c(c3)C(=O)N(C(C)(C)C)C4=O)CC1)CC2=O. The maximum absolute atomic E-state index is 13.3. The van der Waals surface area contributed by atoms with Crippen molar-refractivity contribution in [2.24, 2.45) is 0 Å². The van der Waals surface area contributed by atoms with Crippen LogP contribution in [0.5, 0.6) is 11.5 Å². The number of methoxy groups -OCH3 is 1. The Morgan fingerprint density at radius 3 is 2.26 bits per heavy atom. The van der Waals surface area contributed by atoms with Crippen molar-refractivity contribution < 1.29 is 28.7 Å². The van der Waals surface area contributed by atoms with Gasteiger partial charge in [-0.1, -0.05) is 0 Å². The van der Waals surface area contributed by atoms with Gasteiger partial charge in [-0.05, 0) is 51.1 Å². The quantitative estimate of drug-likeness (QED) is 0.614. The van der Waals surface area contributed by atoms with Gasteiger partial charge in [-0.15, -0.1) is 0 Å². The Hall–Kier alpha value is -3.68. The topological polar surface area (TPSA) is 93.2 Å². The van der Waals surface area contributed by atoms with Crippen molar-refractivity contribution >= 4 is 23.5 Å². The summed E-state index contributed by atoms with van der Waals surface area (Å²) < 4.78 is 11.6. The highest BCUT2D eigenvalue weighted by atomic mass is 16.5. The zero-order valence-corrected chi connectivity index (χ0v) is 20.3. The molecule has 3 heterocycles. The molecular weight excluding hydrogens is 448 g/mol. The number of hydrogen-bond acceptors (Lipinski definition) is 6. The number of ether oxygens (including phenoxy) is 2. The highest BCUT2D eigenvalue weighted by molar-refractivity contribution is 6.22. The van der Waals surface area contributed by atoms with E-state index in [9.17, 15) is 19.2 Å². The maximum Gasteiger partial charge on any atom is 0.262 e. The molecule has 3 aliphatic rings. The first-order valence-corrected chi connectivity index (χ1v) is 11.8. The fraction of sp³-hybridized carbons (Fsp3) is 0.407. The maximum atomic E-state index is 13.3. The number of fused-ring (bicyclic) bond motifs is 2. The zero-order valence-electron chi connectivity index (χ0n) is 20.3. The summed E-state index contributed by atoms with van der Waals surface area (Å²) in [5.74, 6) is 0.238. The van der Waals surface area contributed by atoms with Gasteiger partial charge < -0.3 is 14.4 Å². The van der Waals surface area contributed by atoms with Gasteiger partial charge in [0.25, 0.3) is 17.7 Å². The van der Waals surface area contributed by atoms with Crippen LogP contribution in [0.15, 0.2) is 36.4 Å². The number of benzene rings is 2. The number of ketones is 1. The normalized spacial score (nSPS) is 18.9. The molecule has 0 aliphatic carbocycles. The van der Waals surface area contributed by atoms with Crippen LogP contribution in [0, 0.1) is 0 Å². The number of carbonyl (C=O) groups is 4. The van der Waals surface area contributed by atoms with Gasteiger partial charge in [0, 0.05) is 43.1 Å². The minimum Gasteiger partial charge on any atom is -0.497 e. The highest BCUT2D eigenvalue weighted by Crippen LogP contribution is 2.41. The van der Waals surface area contributed by atoms with E-state index in [1.807, 2.05) is 0 Å². The number of likely N-dealkylation sites (tertiary alicyclic amines) is 1. The van der Waals surface area contributed by atoms with Crippen molar-refractivity contribution in [1.29, 1.82) is 0 Å². The Balaban J connectivity index is 1.32. The largest absolute Gasteiger partial charge is 0.497 e. The summed E-state index contributed by atoms with van der Waals surface area (Å²) in [5.41, 5.74) is 0.196. The number of rotatable bonds is 2. The summed E-state index contributed by atoms with van der Waals surface area (Å²) in [5, 5.41) is 0. The summed E-state index contributed by atoms with van der Waals surface area (Å²) in [6, 6.07) is 9.89. The molecule has 0 aromatic heterocycles. The van der Waals surface area contributed by atoms with Crippen molar-refractivity contribution in [3.05, 3.63) is 58.7 Å². The third-order valence-corrected chi connectivity index (χ3v) is 7.06. The molecule has 2 aromatic carbocycles. The van der Waals surface area contributed by atoms with Crippen molar-refractivity contribution in [1.82, 2.24) is 9.80 Å². The third-order valence-electron chi connectivity index (χ3n) is 7.06. The number of nitrogens with zero attached hydrogens (tertiary/aromatic N) is 2. The summed E-state index contributed by atoms with van der Waals surface area (Å²) in [7, 11) is 1.56. The molecule has 0 unspecified atom stereocenters. The molecular formula is C27H28N2O6. The molecule has 0 radical (unpaired) electrons. The third kappa shape index (κ3) is 3.77. The van der Waals surface area contributed by atoms with E-state index in [2.05, 4.69) is 0 Å². The Labute approximate surface area is 203 Å². The summed E-state index contributed by atoms with van der Waals surface area (Å²) >= 11 is 0. The van der Waals surface area contributed by atoms with Crippen molar-refractivity contribution in [2.45, 2.75) is 51.2 Å². The number of imide groups is 1. The van der Waals surface area contributed by atoms with Crippen LogP contribution in [-0.2, 0) is 0 Å².